The number of rotatable bonds is 4. The van der Waals surface area contributed by atoms with E-state index in [0.29, 0.717) is 5.92 Å². The molecule has 1 aliphatic carbocycles. The summed E-state index contributed by atoms with van der Waals surface area (Å²) in [7, 11) is 1.69. The van der Waals surface area contributed by atoms with Crippen molar-refractivity contribution >= 4 is 0 Å². The third kappa shape index (κ3) is 2.42. The van der Waals surface area contributed by atoms with Gasteiger partial charge in [-0.2, -0.15) is 0 Å². The van der Waals surface area contributed by atoms with Gasteiger partial charge in [0.15, 0.2) is 0 Å². The van der Waals surface area contributed by atoms with E-state index in [1.165, 1.54) is 0 Å². The first-order valence-corrected chi connectivity index (χ1v) is 5.00. The summed E-state index contributed by atoms with van der Waals surface area (Å²) in [5.41, 5.74) is 5.77. The van der Waals surface area contributed by atoms with Crippen molar-refractivity contribution in [1.29, 1.82) is 0 Å². The standard InChI is InChI=1S/C10H21NO2/c1-6(2)7(3)13-9-5-8(11)10(9)12-4/h6-10H,5,11H2,1-4H3. The molecule has 1 aliphatic rings. The van der Waals surface area contributed by atoms with Gasteiger partial charge < -0.3 is 15.2 Å². The molecule has 1 rings (SSSR count). The van der Waals surface area contributed by atoms with Crippen molar-refractivity contribution in [1.82, 2.24) is 0 Å². The van der Waals surface area contributed by atoms with Crippen LogP contribution in [0.3, 0.4) is 0 Å². The summed E-state index contributed by atoms with van der Waals surface area (Å²) in [6, 6.07) is 0.161. The molecule has 0 heterocycles. The van der Waals surface area contributed by atoms with Gasteiger partial charge in [0.25, 0.3) is 0 Å². The van der Waals surface area contributed by atoms with Gasteiger partial charge in [0.2, 0.25) is 0 Å². The van der Waals surface area contributed by atoms with Crippen molar-refractivity contribution in [3.05, 3.63) is 0 Å². The fraction of sp³-hybridized carbons (Fsp3) is 1.00. The maximum absolute atomic E-state index is 5.82. The quantitative estimate of drug-likeness (QED) is 0.718. The van der Waals surface area contributed by atoms with Crippen LogP contribution in [0, 0.1) is 5.92 Å². The average Bonchev–Trinajstić information content (AvgIpc) is 2.03. The Morgan fingerprint density at radius 2 is 1.92 bits per heavy atom. The van der Waals surface area contributed by atoms with Crippen LogP contribution in [0.1, 0.15) is 27.2 Å². The van der Waals surface area contributed by atoms with Gasteiger partial charge in [-0.1, -0.05) is 13.8 Å². The number of hydrogen-bond acceptors (Lipinski definition) is 3. The Morgan fingerprint density at radius 1 is 1.31 bits per heavy atom. The SMILES string of the molecule is COC1C(N)CC1OC(C)C(C)C. The maximum atomic E-state index is 5.82. The first-order valence-electron chi connectivity index (χ1n) is 5.00. The van der Waals surface area contributed by atoms with Crippen LogP contribution in [0.25, 0.3) is 0 Å². The highest BCUT2D eigenvalue weighted by Gasteiger charge is 2.40. The highest BCUT2D eigenvalue weighted by molar-refractivity contribution is 4.95. The smallest absolute Gasteiger partial charge is 0.0984 e. The Kier molecular flexibility index (Phi) is 3.71. The maximum Gasteiger partial charge on any atom is 0.0984 e. The lowest BCUT2D eigenvalue weighted by atomic mass is 9.86. The Morgan fingerprint density at radius 3 is 2.31 bits per heavy atom. The molecule has 13 heavy (non-hydrogen) atoms. The van der Waals surface area contributed by atoms with Crippen molar-refractivity contribution in [3.63, 3.8) is 0 Å². The van der Waals surface area contributed by atoms with Gasteiger partial charge in [-0.3, -0.25) is 0 Å². The molecular formula is C10H21NO2. The second kappa shape index (κ2) is 4.40. The molecule has 78 valence electrons. The molecule has 0 spiro atoms. The van der Waals surface area contributed by atoms with Crippen LogP contribution in [0.4, 0.5) is 0 Å². The Labute approximate surface area is 80.6 Å². The van der Waals surface area contributed by atoms with Crippen LogP contribution < -0.4 is 5.73 Å². The van der Waals surface area contributed by atoms with Crippen molar-refractivity contribution in [2.24, 2.45) is 11.7 Å². The second-order valence-corrected chi connectivity index (χ2v) is 4.22. The molecule has 4 unspecified atom stereocenters. The largest absolute Gasteiger partial charge is 0.377 e. The van der Waals surface area contributed by atoms with Crippen molar-refractivity contribution < 1.29 is 9.47 Å². The van der Waals surface area contributed by atoms with E-state index in [9.17, 15) is 0 Å². The minimum Gasteiger partial charge on any atom is -0.377 e. The zero-order valence-corrected chi connectivity index (χ0v) is 8.99. The molecule has 0 bridgehead atoms. The Bertz CT molecular complexity index is 161. The number of hydrogen-bond donors (Lipinski definition) is 1. The predicted octanol–water partition coefficient (Wildman–Crippen LogP) is 1.16. The van der Waals surface area contributed by atoms with Gasteiger partial charge in [0, 0.05) is 13.2 Å². The van der Waals surface area contributed by atoms with Gasteiger partial charge in [0.1, 0.15) is 0 Å². The molecule has 0 aromatic heterocycles. The van der Waals surface area contributed by atoms with Crippen LogP contribution >= 0.6 is 0 Å². The molecule has 1 saturated carbocycles. The summed E-state index contributed by atoms with van der Waals surface area (Å²) in [5.74, 6) is 0.550. The molecule has 0 aromatic carbocycles. The molecule has 2 N–H and O–H groups in total. The number of nitrogens with two attached hydrogens (primary N) is 1. The fourth-order valence-electron chi connectivity index (χ4n) is 1.51. The molecule has 3 nitrogen and oxygen atoms in total. The van der Waals surface area contributed by atoms with E-state index in [0.717, 1.165) is 6.42 Å². The van der Waals surface area contributed by atoms with Gasteiger partial charge in [-0.25, -0.2) is 0 Å². The normalized spacial score (nSPS) is 36.0. The summed E-state index contributed by atoms with van der Waals surface area (Å²) in [6.45, 7) is 6.41. The van der Waals surface area contributed by atoms with Crippen LogP contribution in [0.2, 0.25) is 0 Å². The van der Waals surface area contributed by atoms with Crippen molar-refractivity contribution in [2.75, 3.05) is 7.11 Å². The third-order valence-electron chi connectivity index (χ3n) is 2.89. The topological polar surface area (TPSA) is 44.5 Å². The molecule has 0 saturated heterocycles. The lowest BCUT2D eigenvalue weighted by molar-refractivity contribution is -0.154. The minimum atomic E-state index is 0.0983. The van der Waals surface area contributed by atoms with Crippen LogP contribution in [-0.2, 0) is 9.47 Å². The van der Waals surface area contributed by atoms with E-state index in [4.69, 9.17) is 15.2 Å². The van der Waals surface area contributed by atoms with E-state index in [2.05, 4.69) is 20.8 Å². The van der Waals surface area contributed by atoms with Crippen molar-refractivity contribution in [3.8, 4) is 0 Å². The third-order valence-corrected chi connectivity index (χ3v) is 2.89. The molecule has 0 amide bonds. The number of methoxy groups -OCH3 is 1. The van der Waals surface area contributed by atoms with Gasteiger partial charge in [-0.15, -0.1) is 0 Å². The lowest BCUT2D eigenvalue weighted by Gasteiger charge is -2.42. The Hall–Kier alpha value is -0.120. The Balaban J connectivity index is 2.30. The van der Waals surface area contributed by atoms with Crippen LogP contribution in [0.5, 0.6) is 0 Å². The molecule has 0 radical (unpaired) electrons. The molecule has 1 fully saturated rings. The van der Waals surface area contributed by atoms with E-state index < -0.39 is 0 Å². The average molecular weight is 187 g/mol. The molecular weight excluding hydrogens is 166 g/mol. The minimum absolute atomic E-state index is 0.0983. The zero-order valence-electron chi connectivity index (χ0n) is 8.99. The molecule has 0 aromatic rings. The highest BCUT2D eigenvalue weighted by Crippen LogP contribution is 2.27. The second-order valence-electron chi connectivity index (χ2n) is 4.22. The fourth-order valence-corrected chi connectivity index (χ4v) is 1.51. The van der Waals surface area contributed by atoms with E-state index in [1.54, 1.807) is 7.11 Å². The van der Waals surface area contributed by atoms with Crippen LogP contribution in [0.15, 0.2) is 0 Å². The first-order chi connectivity index (χ1) is 6.06. The monoisotopic (exact) mass is 187 g/mol. The summed E-state index contributed by atoms with van der Waals surface area (Å²) in [4.78, 5) is 0. The van der Waals surface area contributed by atoms with E-state index in [1.807, 2.05) is 0 Å². The van der Waals surface area contributed by atoms with Gasteiger partial charge >= 0.3 is 0 Å². The summed E-state index contributed by atoms with van der Waals surface area (Å²) >= 11 is 0. The van der Waals surface area contributed by atoms with E-state index in [-0.39, 0.29) is 24.4 Å². The summed E-state index contributed by atoms with van der Waals surface area (Å²) in [6.07, 6.45) is 1.52. The zero-order chi connectivity index (χ0) is 10.0. The van der Waals surface area contributed by atoms with Gasteiger partial charge in [-0.05, 0) is 19.3 Å². The molecule has 4 atom stereocenters. The first kappa shape index (κ1) is 11.0. The number of ether oxygens (including phenoxy) is 2. The van der Waals surface area contributed by atoms with E-state index >= 15 is 0 Å². The van der Waals surface area contributed by atoms with Crippen LogP contribution in [-0.4, -0.2) is 31.5 Å². The predicted molar refractivity (Wildman–Crippen MR) is 52.6 cm³/mol. The molecule has 0 aliphatic heterocycles. The summed E-state index contributed by atoms with van der Waals surface area (Å²) < 4.78 is 11.1. The van der Waals surface area contributed by atoms with Gasteiger partial charge in [0.05, 0.1) is 18.3 Å². The lowest BCUT2D eigenvalue weighted by Crippen LogP contribution is -2.58. The van der Waals surface area contributed by atoms with Crippen molar-refractivity contribution in [2.45, 2.75) is 51.5 Å². The molecule has 3 heteroatoms. The highest BCUT2D eigenvalue weighted by atomic mass is 16.5. The summed E-state index contributed by atoms with van der Waals surface area (Å²) in [5, 5.41) is 0.